The molecule has 1 N–H and O–H groups in total. The maximum absolute atomic E-state index is 5.81. The van der Waals surface area contributed by atoms with Gasteiger partial charge >= 0.3 is 0 Å². The van der Waals surface area contributed by atoms with Crippen LogP contribution < -0.4 is 14.4 Å². The molecule has 0 radical (unpaired) electrons. The Balaban J connectivity index is 1.69. The summed E-state index contributed by atoms with van der Waals surface area (Å²) in [7, 11) is 0. The van der Waals surface area contributed by atoms with Crippen LogP contribution in [0.2, 0.25) is 0 Å². The lowest BCUT2D eigenvalue weighted by Crippen LogP contribution is -3.11. The highest BCUT2D eigenvalue weighted by atomic mass is 16.5. The van der Waals surface area contributed by atoms with E-state index in [4.69, 9.17) is 9.47 Å². The molecule has 0 aromatic heterocycles. The Morgan fingerprint density at radius 2 is 1.40 bits per heavy atom. The summed E-state index contributed by atoms with van der Waals surface area (Å²) in [6, 6.07) is 18.0. The monoisotopic (exact) mass is 338 g/mol. The lowest BCUT2D eigenvalue weighted by atomic mass is 10.2. The molecule has 0 bridgehead atoms. The summed E-state index contributed by atoms with van der Waals surface area (Å²) in [4.78, 5) is 1.46. The molecule has 0 aliphatic heterocycles. The molecule has 0 atom stereocenters. The van der Waals surface area contributed by atoms with E-state index in [1.807, 2.05) is 54.6 Å². The lowest BCUT2D eigenvalue weighted by Gasteiger charge is -2.16. The Morgan fingerprint density at radius 1 is 0.800 bits per heavy atom. The molecule has 3 heteroatoms. The SMILES string of the molecule is C=CC[NH+](CC=C)CCCOc1ccc(OCc2ccccc2)cc1. The quantitative estimate of drug-likeness (QED) is 0.474. The Labute approximate surface area is 151 Å². The van der Waals surface area contributed by atoms with Gasteiger partial charge in [-0.05, 0) is 42.0 Å². The number of ether oxygens (including phenoxy) is 2. The zero-order valence-corrected chi connectivity index (χ0v) is 14.8. The second kappa shape index (κ2) is 11.1. The molecule has 0 heterocycles. The number of hydrogen-bond acceptors (Lipinski definition) is 2. The van der Waals surface area contributed by atoms with Crippen LogP contribution in [0.3, 0.4) is 0 Å². The molecule has 3 nitrogen and oxygen atoms in total. The summed E-state index contributed by atoms with van der Waals surface area (Å²) in [5, 5.41) is 0. The van der Waals surface area contributed by atoms with E-state index in [1.165, 1.54) is 4.90 Å². The third-order valence-electron chi connectivity index (χ3n) is 3.88. The van der Waals surface area contributed by atoms with Crippen molar-refractivity contribution in [2.75, 3.05) is 26.2 Å². The Kier molecular flexibility index (Phi) is 8.36. The molecule has 0 amide bonds. The summed E-state index contributed by atoms with van der Waals surface area (Å²) >= 11 is 0. The van der Waals surface area contributed by atoms with Gasteiger partial charge in [-0.25, -0.2) is 0 Å². The zero-order valence-electron chi connectivity index (χ0n) is 14.8. The van der Waals surface area contributed by atoms with Crippen molar-refractivity contribution in [1.82, 2.24) is 0 Å². The van der Waals surface area contributed by atoms with Crippen LogP contribution >= 0.6 is 0 Å². The van der Waals surface area contributed by atoms with Crippen LogP contribution in [0.5, 0.6) is 11.5 Å². The minimum atomic E-state index is 0.576. The predicted octanol–water partition coefficient (Wildman–Crippen LogP) is 3.29. The van der Waals surface area contributed by atoms with Gasteiger partial charge in [0, 0.05) is 6.42 Å². The van der Waals surface area contributed by atoms with Crippen molar-refractivity contribution in [2.24, 2.45) is 0 Å². The standard InChI is InChI=1S/C22H27NO2/c1-3-15-23(16-4-2)17-8-18-24-21-11-13-22(14-12-21)25-19-20-9-6-5-7-10-20/h3-7,9-14H,1-2,8,15-19H2/p+1. The Morgan fingerprint density at radius 3 is 2.00 bits per heavy atom. The zero-order chi connectivity index (χ0) is 17.7. The van der Waals surface area contributed by atoms with Gasteiger partial charge in [0.15, 0.2) is 0 Å². The van der Waals surface area contributed by atoms with E-state index < -0.39 is 0 Å². The predicted molar refractivity (Wildman–Crippen MR) is 103 cm³/mol. The highest BCUT2D eigenvalue weighted by Gasteiger charge is 2.04. The summed E-state index contributed by atoms with van der Waals surface area (Å²) < 4.78 is 11.6. The fraction of sp³-hybridized carbons (Fsp3) is 0.273. The summed E-state index contributed by atoms with van der Waals surface area (Å²) in [6.07, 6.45) is 4.91. The first kappa shape index (κ1) is 18.8. The van der Waals surface area contributed by atoms with Crippen molar-refractivity contribution >= 4 is 0 Å². The van der Waals surface area contributed by atoms with Crippen LogP contribution in [0, 0.1) is 0 Å². The number of rotatable bonds is 12. The second-order valence-electron chi connectivity index (χ2n) is 5.93. The summed E-state index contributed by atoms with van der Waals surface area (Å²) in [5.41, 5.74) is 1.16. The average molecular weight is 338 g/mol. The molecule has 0 fully saturated rings. The molecular formula is C22H28NO2+. The van der Waals surface area contributed by atoms with E-state index in [1.54, 1.807) is 0 Å². The third-order valence-corrected chi connectivity index (χ3v) is 3.88. The minimum Gasteiger partial charge on any atom is -0.493 e. The Bertz CT molecular complexity index is 612. The average Bonchev–Trinajstić information content (AvgIpc) is 2.65. The van der Waals surface area contributed by atoms with Gasteiger partial charge in [0.2, 0.25) is 0 Å². The topological polar surface area (TPSA) is 22.9 Å². The van der Waals surface area contributed by atoms with Gasteiger partial charge in [0.1, 0.15) is 18.1 Å². The smallest absolute Gasteiger partial charge is 0.120 e. The molecule has 2 rings (SSSR count). The van der Waals surface area contributed by atoms with Crippen molar-refractivity contribution in [3.8, 4) is 11.5 Å². The van der Waals surface area contributed by atoms with E-state index >= 15 is 0 Å². The fourth-order valence-electron chi connectivity index (χ4n) is 2.58. The molecular weight excluding hydrogens is 310 g/mol. The van der Waals surface area contributed by atoms with Crippen LogP contribution in [-0.4, -0.2) is 26.2 Å². The van der Waals surface area contributed by atoms with Crippen molar-refractivity contribution in [1.29, 1.82) is 0 Å². The number of nitrogens with one attached hydrogen (secondary N) is 1. The van der Waals surface area contributed by atoms with E-state index in [-0.39, 0.29) is 0 Å². The largest absolute Gasteiger partial charge is 0.493 e. The second-order valence-corrected chi connectivity index (χ2v) is 5.93. The summed E-state index contributed by atoms with van der Waals surface area (Å²) in [6.45, 7) is 11.9. The molecule has 25 heavy (non-hydrogen) atoms. The van der Waals surface area contributed by atoms with Crippen molar-refractivity contribution < 1.29 is 14.4 Å². The normalized spacial score (nSPS) is 10.4. The van der Waals surface area contributed by atoms with Gasteiger partial charge in [-0.15, -0.1) is 0 Å². The molecule has 0 unspecified atom stereocenters. The van der Waals surface area contributed by atoms with Crippen molar-refractivity contribution in [3.63, 3.8) is 0 Å². The minimum absolute atomic E-state index is 0.576. The molecule has 2 aromatic carbocycles. The van der Waals surface area contributed by atoms with Gasteiger partial charge in [-0.2, -0.15) is 0 Å². The van der Waals surface area contributed by atoms with Crippen LogP contribution in [0.15, 0.2) is 79.9 Å². The van der Waals surface area contributed by atoms with E-state index in [0.29, 0.717) is 13.2 Å². The highest BCUT2D eigenvalue weighted by Crippen LogP contribution is 2.18. The first-order valence-corrected chi connectivity index (χ1v) is 8.76. The molecule has 0 aliphatic carbocycles. The van der Waals surface area contributed by atoms with Crippen LogP contribution in [0.1, 0.15) is 12.0 Å². The maximum Gasteiger partial charge on any atom is 0.120 e. The molecule has 0 saturated heterocycles. The number of quaternary nitrogens is 1. The van der Waals surface area contributed by atoms with Crippen LogP contribution in [-0.2, 0) is 6.61 Å². The van der Waals surface area contributed by atoms with Gasteiger partial charge in [-0.1, -0.05) is 43.5 Å². The van der Waals surface area contributed by atoms with Gasteiger partial charge in [0.05, 0.1) is 26.2 Å². The summed E-state index contributed by atoms with van der Waals surface area (Å²) in [5.74, 6) is 1.73. The van der Waals surface area contributed by atoms with Crippen molar-refractivity contribution in [2.45, 2.75) is 13.0 Å². The lowest BCUT2D eigenvalue weighted by molar-refractivity contribution is -0.888. The first-order valence-electron chi connectivity index (χ1n) is 8.76. The van der Waals surface area contributed by atoms with Crippen LogP contribution in [0.25, 0.3) is 0 Å². The van der Waals surface area contributed by atoms with E-state index in [0.717, 1.165) is 43.1 Å². The third kappa shape index (κ3) is 7.27. The van der Waals surface area contributed by atoms with Gasteiger partial charge < -0.3 is 14.4 Å². The van der Waals surface area contributed by atoms with Crippen molar-refractivity contribution in [3.05, 3.63) is 85.5 Å². The number of hydrogen-bond donors (Lipinski definition) is 1. The van der Waals surface area contributed by atoms with Gasteiger partial charge in [-0.3, -0.25) is 0 Å². The molecule has 0 saturated carbocycles. The maximum atomic E-state index is 5.81. The molecule has 2 aromatic rings. The Hall–Kier alpha value is -2.52. The molecule has 132 valence electrons. The first-order chi connectivity index (χ1) is 12.3. The fourth-order valence-corrected chi connectivity index (χ4v) is 2.58. The van der Waals surface area contributed by atoms with E-state index in [2.05, 4.69) is 25.3 Å². The number of benzene rings is 2. The van der Waals surface area contributed by atoms with Crippen LogP contribution in [0.4, 0.5) is 0 Å². The highest BCUT2D eigenvalue weighted by molar-refractivity contribution is 5.31. The molecule has 0 aliphatic rings. The van der Waals surface area contributed by atoms with E-state index in [9.17, 15) is 0 Å². The molecule has 0 spiro atoms. The van der Waals surface area contributed by atoms with Gasteiger partial charge in [0.25, 0.3) is 0 Å².